The zero-order chi connectivity index (χ0) is 13.7. The number of hydrogen-bond donors (Lipinski definition) is 1. The number of nitrogens with zero attached hydrogens (tertiary/aromatic N) is 3. The second-order valence-electron chi connectivity index (χ2n) is 4.81. The van der Waals surface area contributed by atoms with Crippen molar-refractivity contribution in [2.75, 3.05) is 11.9 Å². The number of anilines is 1. The first-order chi connectivity index (χ1) is 9.22. The zero-order valence-corrected chi connectivity index (χ0v) is 12.0. The minimum absolute atomic E-state index is 0.882. The first-order valence-corrected chi connectivity index (χ1v) is 6.90. The summed E-state index contributed by atoms with van der Waals surface area (Å²) >= 11 is 0. The van der Waals surface area contributed by atoms with E-state index in [4.69, 9.17) is 0 Å². The van der Waals surface area contributed by atoms with Crippen LogP contribution in [-0.2, 0) is 13.0 Å². The Morgan fingerprint density at radius 1 is 1.16 bits per heavy atom. The summed E-state index contributed by atoms with van der Waals surface area (Å²) in [5.41, 5.74) is 2.47. The lowest BCUT2D eigenvalue weighted by molar-refractivity contribution is 0.623. The summed E-state index contributed by atoms with van der Waals surface area (Å²) in [4.78, 5) is 0. The van der Waals surface area contributed by atoms with Crippen molar-refractivity contribution in [3.05, 3.63) is 41.5 Å². The SMILES string of the molecule is CCCn1c(C)nnc1CCNc1ccccc1C. The van der Waals surface area contributed by atoms with Crippen molar-refractivity contribution in [2.45, 2.75) is 40.2 Å². The molecule has 0 aliphatic carbocycles. The van der Waals surface area contributed by atoms with Gasteiger partial charge in [0.25, 0.3) is 0 Å². The quantitative estimate of drug-likeness (QED) is 0.866. The molecule has 0 saturated carbocycles. The molecule has 0 bridgehead atoms. The fraction of sp³-hybridized carbons (Fsp3) is 0.467. The average molecular weight is 258 g/mol. The summed E-state index contributed by atoms with van der Waals surface area (Å²) in [5.74, 6) is 2.08. The third-order valence-corrected chi connectivity index (χ3v) is 3.27. The van der Waals surface area contributed by atoms with E-state index >= 15 is 0 Å². The molecule has 0 saturated heterocycles. The number of hydrogen-bond acceptors (Lipinski definition) is 3. The van der Waals surface area contributed by atoms with Crippen molar-refractivity contribution < 1.29 is 0 Å². The topological polar surface area (TPSA) is 42.7 Å². The van der Waals surface area contributed by atoms with Crippen molar-refractivity contribution in [3.63, 3.8) is 0 Å². The molecule has 4 nitrogen and oxygen atoms in total. The molecule has 0 atom stereocenters. The summed E-state index contributed by atoms with van der Waals surface area (Å²) in [5, 5.41) is 11.9. The highest BCUT2D eigenvalue weighted by atomic mass is 15.3. The molecule has 19 heavy (non-hydrogen) atoms. The van der Waals surface area contributed by atoms with Gasteiger partial charge in [0.05, 0.1) is 0 Å². The van der Waals surface area contributed by atoms with Gasteiger partial charge >= 0.3 is 0 Å². The molecule has 102 valence electrons. The van der Waals surface area contributed by atoms with E-state index in [9.17, 15) is 0 Å². The maximum Gasteiger partial charge on any atom is 0.134 e. The van der Waals surface area contributed by atoms with E-state index < -0.39 is 0 Å². The second kappa shape index (κ2) is 6.36. The number of aryl methyl sites for hydroxylation is 2. The Balaban J connectivity index is 1.94. The molecule has 2 aromatic rings. The molecular weight excluding hydrogens is 236 g/mol. The summed E-state index contributed by atoms with van der Waals surface area (Å²) in [6.45, 7) is 8.19. The third kappa shape index (κ3) is 3.34. The van der Waals surface area contributed by atoms with E-state index in [0.29, 0.717) is 0 Å². The molecule has 1 aromatic heterocycles. The Kier molecular flexibility index (Phi) is 4.55. The third-order valence-electron chi connectivity index (χ3n) is 3.27. The predicted molar refractivity (Wildman–Crippen MR) is 78.4 cm³/mol. The van der Waals surface area contributed by atoms with Crippen LogP contribution < -0.4 is 5.32 Å². The Hall–Kier alpha value is -1.84. The van der Waals surface area contributed by atoms with Crippen molar-refractivity contribution >= 4 is 5.69 Å². The van der Waals surface area contributed by atoms with Crippen molar-refractivity contribution in [2.24, 2.45) is 0 Å². The van der Waals surface area contributed by atoms with Gasteiger partial charge in [-0.15, -0.1) is 10.2 Å². The van der Waals surface area contributed by atoms with Gasteiger partial charge in [0.1, 0.15) is 11.6 Å². The number of rotatable bonds is 6. The van der Waals surface area contributed by atoms with Gasteiger partial charge < -0.3 is 9.88 Å². The highest BCUT2D eigenvalue weighted by Crippen LogP contribution is 2.13. The Labute approximate surface area is 114 Å². The van der Waals surface area contributed by atoms with Gasteiger partial charge in [-0.05, 0) is 31.9 Å². The van der Waals surface area contributed by atoms with E-state index in [1.807, 2.05) is 6.92 Å². The monoisotopic (exact) mass is 258 g/mol. The van der Waals surface area contributed by atoms with E-state index in [1.54, 1.807) is 0 Å². The molecule has 0 spiro atoms. The molecule has 0 fully saturated rings. The van der Waals surface area contributed by atoms with Gasteiger partial charge in [0.2, 0.25) is 0 Å². The lowest BCUT2D eigenvalue weighted by Crippen LogP contribution is -2.11. The summed E-state index contributed by atoms with van der Waals surface area (Å²) in [6.07, 6.45) is 2.01. The Morgan fingerprint density at radius 3 is 2.68 bits per heavy atom. The van der Waals surface area contributed by atoms with Crippen LogP contribution in [0.25, 0.3) is 0 Å². The van der Waals surface area contributed by atoms with Crippen LogP contribution in [0.3, 0.4) is 0 Å². The largest absolute Gasteiger partial charge is 0.384 e. The van der Waals surface area contributed by atoms with Gasteiger partial charge in [-0.2, -0.15) is 0 Å². The molecule has 1 aromatic carbocycles. The molecule has 0 unspecified atom stereocenters. The average Bonchev–Trinajstić information content (AvgIpc) is 2.74. The van der Waals surface area contributed by atoms with Gasteiger partial charge in [-0.3, -0.25) is 0 Å². The fourth-order valence-electron chi connectivity index (χ4n) is 2.20. The van der Waals surface area contributed by atoms with Gasteiger partial charge in [0, 0.05) is 25.2 Å². The molecule has 1 heterocycles. The smallest absolute Gasteiger partial charge is 0.134 e. The van der Waals surface area contributed by atoms with E-state index in [0.717, 1.165) is 37.6 Å². The normalized spacial score (nSPS) is 10.7. The van der Waals surface area contributed by atoms with E-state index in [2.05, 4.69) is 58.2 Å². The highest BCUT2D eigenvalue weighted by molar-refractivity contribution is 5.50. The minimum Gasteiger partial charge on any atom is -0.384 e. The van der Waals surface area contributed by atoms with Gasteiger partial charge in [0.15, 0.2) is 0 Å². The lowest BCUT2D eigenvalue weighted by Gasteiger charge is -2.10. The summed E-state index contributed by atoms with van der Waals surface area (Å²) in [7, 11) is 0. The lowest BCUT2D eigenvalue weighted by atomic mass is 10.2. The van der Waals surface area contributed by atoms with Crippen molar-refractivity contribution in [1.29, 1.82) is 0 Å². The highest BCUT2D eigenvalue weighted by Gasteiger charge is 2.07. The van der Waals surface area contributed by atoms with Crippen LogP contribution in [0.5, 0.6) is 0 Å². The molecule has 0 radical (unpaired) electrons. The van der Waals surface area contributed by atoms with Gasteiger partial charge in [-0.1, -0.05) is 25.1 Å². The van der Waals surface area contributed by atoms with Crippen molar-refractivity contribution in [1.82, 2.24) is 14.8 Å². The van der Waals surface area contributed by atoms with Gasteiger partial charge in [-0.25, -0.2) is 0 Å². The minimum atomic E-state index is 0.882. The predicted octanol–water partition coefficient (Wildman–Crippen LogP) is 2.96. The van der Waals surface area contributed by atoms with Crippen molar-refractivity contribution in [3.8, 4) is 0 Å². The Bertz CT molecular complexity index is 531. The van der Waals surface area contributed by atoms with Crippen LogP contribution in [0, 0.1) is 13.8 Å². The van der Waals surface area contributed by atoms with E-state index in [1.165, 1.54) is 11.3 Å². The molecule has 0 aliphatic rings. The standard InChI is InChI=1S/C15H22N4/c1-4-11-19-13(3)17-18-15(19)9-10-16-14-8-6-5-7-12(14)2/h5-8,16H,4,9-11H2,1-3H3. The van der Waals surface area contributed by atoms with E-state index in [-0.39, 0.29) is 0 Å². The second-order valence-corrected chi connectivity index (χ2v) is 4.81. The number of nitrogens with one attached hydrogen (secondary N) is 1. The van der Waals surface area contributed by atoms with Crippen LogP contribution >= 0.6 is 0 Å². The van der Waals surface area contributed by atoms with Crippen LogP contribution in [0.1, 0.15) is 30.6 Å². The number of aromatic nitrogens is 3. The number of benzene rings is 1. The first kappa shape index (κ1) is 13.6. The Morgan fingerprint density at radius 2 is 1.95 bits per heavy atom. The molecule has 0 aliphatic heterocycles. The first-order valence-electron chi connectivity index (χ1n) is 6.90. The van der Waals surface area contributed by atoms with Crippen LogP contribution in [0.15, 0.2) is 24.3 Å². The van der Waals surface area contributed by atoms with Crippen LogP contribution in [-0.4, -0.2) is 21.3 Å². The maximum absolute atomic E-state index is 4.26. The molecule has 0 amide bonds. The zero-order valence-electron chi connectivity index (χ0n) is 12.0. The number of para-hydroxylation sites is 1. The molecule has 2 rings (SSSR count). The maximum atomic E-state index is 4.26. The molecular formula is C15H22N4. The summed E-state index contributed by atoms with van der Waals surface area (Å²) < 4.78 is 2.21. The molecule has 4 heteroatoms. The fourth-order valence-corrected chi connectivity index (χ4v) is 2.20. The van der Waals surface area contributed by atoms with Crippen LogP contribution in [0.4, 0.5) is 5.69 Å². The van der Waals surface area contributed by atoms with Crippen LogP contribution in [0.2, 0.25) is 0 Å². The molecule has 1 N–H and O–H groups in total. The summed E-state index contributed by atoms with van der Waals surface area (Å²) in [6, 6.07) is 8.34.